The first-order valence-corrected chi connectivity index (χ1v) is 8.32. The molecule has 1 unspecified atom stereocenters. The molecule has 20 heavy (non-hydrogen) atoms. The van der Waals surface area contributed by atoms with Gasteiger partial charge in [0, 0.05) is 18.3 Å². The zero-order valence-electron chi connectivity index (χ0n) is 11.7. The molecule has 0 aliphatic carbocycles. The van der Waals surface area contributed by atoms with Crippen LogP contribution >= 0.6 is 23.1 Å². The van der Waals surface area contributed by atoms with Gasteiger partial charge in [0.2, 0.25) is 11.0 Å². The Balaban J connectivity index is 1.90. The molecule has 1 N–H and O–H groups in total. The highest BCUT2D eigenvalue weighted by atomic mass is 32.2. The first kappa shape index (κ1) is 15.5. The molecule has 1 aliphatic heterocycles. The number of thioether (sulfide) groups is 1. The molecular weight excluding hydrogens is 294 g/mol. The van der Waals surface area contributed by atoms with Crippen molar-refractivity contribution in [2.45, 2.75) is 36.6 Å². The lowest BCUT2D eigenvalue weighted by atomic mass is 9.88. The smallest absolute Gasteiger partial charge is 0.229 e. The average molecular weight is 313 g/mol. The van der Waals surface area contributed by atoms with E-state index in [0.29, 0.717) is 11.7 Å². The Hall–Kier alpha value is -0.920. The fourth-order valence-electron chi connectivity index (χ4n) is 2.11. The van der Waals surface area contributed by atoms with Gasteiger partial charge >= 0.3 is 0 Å². The van der Waals surface area contributed by atoms with E-state index in [1.165, 1.54) is 11.3 Å². The number of anilines is 1. The van der Waals surface area contributed by atoms with Gasteiger partial charge in [-0.3, -0.25) is 4.79 Å². The summed E-state index contributed by atoms with van der Waals surface area (Å²) in [6.45, 7) is 8.32. The highest BCUT2D eigenvalue weighted by molar-refractivity contribution is 8.01. The number of rotatable bonds is 5. The molecular formula is C13H19N3O2S2. The number of carbonyl (C=O) groups excluding carboxylic acids is 1. The number of nitrogens with zero attached hydrogens (tertiary/aromatic N) is 2. The number of aromatic nitrogens is 2. The number of hydrogen-bond donors (Lipinski definition) is 1. The second-order valence-electron chi connectivity index (χ2n) is 5.26. The van der Waals surface area contributed by atoms with Crippen LogP contribution in [-0.4, -0.2) is 34.1 Å². The highest BCUT2D eigenvalue weighted by Gasteiger charge is 2.33. The van der Waals surface area contributed by atoms with Crippen LogP contribution in [0.2, 0.25) is 0 Å². The van der Waals surface area contributed by atoms with Gasteiger partial charge in [0.25, 0.3) is 0 Å². The second kappa shape index (κ2) is 6.69. The SMILES string of the molecule is C=CCSc1nnc(NC(=O)C2CCOC(C)(C)C2)s1. The second-order valence-corrected chi connectivity index (χ2v) is 7.50. The predicted molar refractivity (Wildman–Crippen MR) is 82.2 cm³/mol. The maximum Gasteiger partial charge on any atom is 0.229 e. The van der Waals surface area contributed by atoms with Crippen LogP contribution < -0.4 is 5.32 Å². The van der Waals surface area contributed by atoms with E-state index in [1.54, 1.807) is 11.8 Å². The zero-order valence-corrected chi connectivity index (χ0v) is 13.4. The van der Waals surface area contributed by atoms with Gasteiger partial charge in [-0.1, -0.05) is 29.2 Å². The van der Waals surface area contributed by atoms with Gasteiger partial charge in [0.1, 0.15) is 0 Å². The summed E-state index contributed by atoms with van der Waals surface area (Å²) in [5.41, 5.74) is -0.230. The van der Waals surface area contributed by atoms with E-state index in [-0.39, 0.29) is 17.4 Å². The topological polar surface area (TPSA) is 64.1 Å². The maximum atomic E-state index is 12.2. The highest BCUT2D eigenvalue weighted by Crippen LogP contribution is 2.30. The maximum absolute atomic E-state index is 12.2. The van der Waals surface area contributed by atoms with E-state index in [2.05, 4.69) is 22.1 Å². The first-order chi connectivity index (χ1) is 9.50. The lowest BCUT2D eigenvalue weighted by Crippen LogP contribution is -2.39. The number of carbonyl (C=O) groups is 1. The van der Waals surface area contributed by atoms with E-state index in [1.807, 2.05) is 19.9 Å². The molecule has 2 heterocycles. The third-order valence-corrected chi connectivity index (χ3v) is 5.00. The van der Waals surface area contributed by atoms with Crippen LogP contribution in [0.5, 0.6) is 0 Å². The summed E-state index contributed by atoms with van der Waals surface area (Å²) in [4.78, 5) is 12.2. The lowest BCUT2D eigenvalue weighted by Gasteiger charge is -2.34. The van der Waals surface area contributed by atoms with Crippen molar-refractivity contribution in [1.29, 1.82) is 0 Å². The van der Waals surface area contributed by atoms with Crippen LogP contribution in [-0.2, 0) is 9.53 Å². The van der Waals surface area contributed by atoms with Gasteiger partial charge in [-0.05, 0) is 26.7 Å². The van der Waals surface area contributed by atoms with Crippen LogP contribution in [0.3, 0.4) is 0 Å². The van der Waals surface area contributed by atoms with Gasteiger partial charge in [0.05, 0.1) is 5.60 Å². The van der Waals surface area contributed by atoms with Crippen molar-refractivity contribution in [3.8, 4) is 0 Å². The number of amides is 1. The molecule has 0 spiro atoms. The Morgan fingerprint density at radius 3 is 3.15 bits per heavy atom. The van der Waals surface area contributed by atoms with Gasteiger partial charge in [-0.2, -0.15) is 0 Å². The predicted octanol–water partition coefficient (Wildman–Crippen LogP) is 2.96. The number of nitrogens with one attached hydrogen (secondary N) is 1. The molecule has 5 nitrogen and oxygen atoms in total. The minimum absolute atomic E-state index is 0.0118. The summed E-state index contributed by atoms with van der Waals surface area (Å²) in [7, 11) is 0. The van der Waals surface area contributed by atoms with Crippen molar-refractivity contribution in [1.82, 2.24) is 10.2 Å². The largest absolute Gasteiger partial charge is 0.376 e. The van der Waals surface area contributed by atoms with E-state index in [4.69, 9.17) is 4.74 Å². The first-order valence-electron chi connectivity index (χ1n) is 6.52. The molecule has 0 aromatic carbocycles. The quantitative estimate of drug-likeness (QED) is 0.514. The Morgan fingerprint density at radius 1 is 1.65 bits per heavy atom. The van der Waals surface area contributed by atoms with E-state index in [9.17, 15) is 4.79 Å². The Labute approximate surface area is 127 Å². The van der Waals surface area contributed by atoms with Gasteiger partial charge in [-0.15, -0.1) is 16.8 Å². The van der Waals surface area contributed by atoms with Crippen molar-refractivity contribution >= 4 is 34.1 Å². The summed E-state index contributed by atoms with van der Waals surface area (Å²) in [6, 6.07) is 0. The molecule has 1 amide bonds. The number of hydrogen-bond acceptors (Lipinski definition) is 6. The van der Waals surface area contributed by atoms with Crippen LogP contribution in [0.15, 0.2) is 17.0 Å². The molecule has 1 aliphatic rings. The third kappa shape index (κ3) is 4.29. The Kier molecular flexibility index (Phi) is 5.17. The van der Waals surface area contributed by atoms with E-state index in [0.717, 1.165) is 22.9 Å². The molecule has 1 aromatic heterocycles. The summed E-state index contributed by atoms with van der Waals surface area (Å²) in [6.07, 6.45) is 3.30. The van der Waals surface area contributed by atoms with Crippen LogP contribution in [0, 0.1) is 5.92 Å². The van der Waals surface area contributed by atoms with E-state index < -0.39 is 0 Å². The van der Waals surface area contributed by atoms with Crippen molar-refractivity contribution in [3.05, 3.63) is 12.7 Å². The molecule has 0 bridgehead atoms. The fourth-order valence-corrected chi connectivity index (χ4v) is 3.63. The summed E-state index contributed by atoms with van der Waals surface area (Å²) >= 11 is 2.95. The molecule has 1 fully saturated rings. The fraction of sp³-hybridized carbons (Fsp3) is 0.615. The van der Waals surface area contributed by atoms with Crippen LogP contribution in [0.4, 0.5) is 5.13 Å². The molecule has 0 saturated carbocycles. The molecule has 1 atom stereocenters. The monoisotopic (exact) mass is 313 g/mol. The van der Waals surface area contributed by atoms with Crippen molar-refractivity contribution in [3.63, 3.8) is 0 Å². The molecule has 2 rings (SSSR count). The minimum Gasteiger partial charge on any atom is -0.376 e. The molecule has 110 valence electrons. The summed E-state index contributed by atoms with van der Waals surface area (Å²) < 4.78 is 6.47. The summed E-state index contributed by atoms with van der Waals surface area (Å²) in [5.74, 6) is 0.779. The molecule has 7 heteroatoms. The Bertz CT molecular complexity index is 488. The molecule has 1 aromatic rings. The lowest BCUT2D eigenvalue weighted by molar-refractivity contribution is -0.130. The van der Waals surface area contributed by atoms with Gasteiger partial charge in [-0.25, -0.2) is 0 Å². The van der Waals surface area contributed by atoms with Crippen molar-refractivity contribution in [2.75, 3.05) is 17.7 Å². The van der Waals surface area contributed by atoms with E-state index >= 15 is 0 Å². The standard InChI is InChI=1S/C13H19N3O2S2/c1-4-7-19-12-16-15-11(20-12)14-10(17)9-5-6-18-13(2,3)8-9/h4,9H,1,5-8H2,2-3H3,(H,14,15,17). The molecule has 1 saturated heterocycles. The Morgan fingerprint density at radius 2 is 2.45 bits per heavy atom. The normalized spacial score (nSPS) is 21.4. The zero-order chi connectivity index (χ0) is 14.6. The van der Waals surface area contributed by atoms with Crippen LogP contribution in [0.25, 0.3) is 0 Å². The van der Waals surface area contributed by atoms with Crippen molar-refractivity contribution < 1.29 is 9.53 Å². The van der Waals surface area contributed by atoms with Crippen molar-refractivity contribution in [2.24, 2.45) is 5.92 Å². The average Bonchev–Trinajstić information content (AvgIpc) is 2.82. The van der Waals surface area contributed by atoms with Gasteiger partial charge < -0.3 is 10.1 Å². The third-order valence-electron chi connectivity index (χ3n) is 3.03. The number of ether oxygens (including phenoxy) is 1. The molecule has 0 radical (unpaired) electrons. The minimum atomic E-state index is -0.230. The van der Waals surface area contributed by atoms with Crippen LogP contribution in [0.1, 0.15) is 26.7 Å². The van der Waals surface area contributed by atoms with Gasteiger partial charge in [0.15, 0.2) is 4.34 Å². The summed E-state index contributed by atoms with van der Waals surface area (Å²) in [5, 5.41) is 11.4.